The molecule has 1 rings (SSSR count). The summed E-state index contributed by atoms with van der Waals surface area (Å²) in [6, 6.07) is 4.64. The Kier molecular flexibility index (Phi) is 5.45. The van der Waals surface area contributed by atoms with Crippen LogP contribution >= 0.6 is 0 Å². The second-order valence-corrected chi connectivity index (χ2v) is 4.17. The summed E-state index contributed by atoms with van der Waals surface area (Å²) in [7, 11) is 3.88. The number of nitrogens with one attached hydrogen (secondary N) is 1. The van der Waals surface area contributed by atoms with E-state index >= 15 is 0 Å². The fraction of sp³-hybridized carbons (Fsp3) is 0.462. The van der Waals surface area contributed by atoms with Crippen LogP contribution in [0.4, 0.5) is 0 Å². The van der Waals surface area contributed by atoms with Crippen LogP contribution < -0.4 is 10.1 Å². The first kappa shape index (κ1) is 14.3. The molecule has 0 heterocycles. The van der Waals surface area contributed by atoms with Gasteiger partial charge in [0.2, 0.25) is 0 Å². The largest absolute Gasteiger partial charge is 0.504 e. The second-order valence-electron chi connectivity index (χ2n) is 4.17. The van der Waals surface area contributed by atoms with Crippen LogP contribution in [0.2, 0.25) is 0 Å². The number of carbonyl (C=O) groups is 1. The first-order valence-corrected chi connectivity index (χ1v) is 5.93. The molecule has 100 valence electrons. The van der Waals surface area contributed by atoms with Gasteiger partial charge in [0.15, 0.2) is 11.5 Å². The molecule has 0 unspecified atom stereocenters. The van der Waals surface area contributed by atoms with Crippen molar-refractivity contribution in [3.63, 3.8) is 0 Å². The zero-order chi connectivity index (χ0) is 13.5. The summed E-state index contributed by atoms with van der Waals surface area (Å²) in [5.74, 6) is 0.176. The zero-order valence-electron chi connectivity index (χ0n) is 11.1. The monoisotopic (exact) mass is 252 g/mol. The highest BCUT2D eigenvalue weighted by Crippen LogP contribution is 2.26. The Labute approximate surface area is 107 Å². The number of nitrogens with zero attached hydrogens (tertiary/aromatic N) is 1. The van der Waals surface area contributed by atoms with Crippen molar-refractivity contribution in [3.8, 4) is 11.5 Å². The zero-order valence-corrected chi connectivity index (χ0v) is 11.1. The maximum absolute atomic E-state index is 11.8. The van der Waals surface area contributed by atoms with Crippen molar-refractivity contribution in [2.24, 2.45) is 0 Å². The van der Waals surface area contributed by atoms with Gasteiger partial charge >= 0.3 is 0 Å². The van der Waals surface area contributed by atoms with Gasteiger partial charge in [-0.15, -0.1) is 0 Å². The summed E-state index contributed by atoms with van der Waals surface area (Å²) >= 11 is 0. The van der Waals surface area contributed by atoms with E-state index in [0.717, 1.165) is 6.54 Å². The molecule has 0 fully saturated rings. The molecule has 0 saturated carbocycles. The van der Waals surface area contributed by atoms with E-state index in [4.69, 9.17) is 4.74 Å². The van der Waals surface area contributed by atoms with Crippen molar-refractivity contribution in [2.45, 2.75) is 6.92 Å². The molecule has 0 spiro atoms. The first-order valence-electron chi connectivity index (χ1n) is 5.93. The maximum atomic E-state index is 11.8. The molecule has 0 saturated heterocycles. The number of likely N-dealkylation sites (N-methyl/N-ethyl adjacent to an activating group) is 1. The quantitative estimate of drug-likeness (QED) is 0.795. The molecule has 1 amide bonds. The average Bonchev–Trinajstić information content (AvgIpc) is 2.31. The van der Waals surface area contributed by atoms with Crippen LogP contribution in [0.25, 0.3) is 0 Å². The van der Waals surface area contributed by atoms with Crippen molar-refractivity contribution in [1.82, 2.24) is 10.2 Å². The Hall–Kier alpha value is -1.75. The normalized spacial score (nSPS) is 10.4. The van der Waals surface area contributed by atoms with Crippen LogP contribution in [0.15, 0.2) is 18.2 Å². The topological polar surface area (TPSA) is 61.8 Å². The average molecular weight is 252 g/mol. The van der Waals surface area contributed by atoms with Gasteiger partial charge in [0.1, 0.15) is 0 Å². The minimum Gasteiger partial charge on any atom is -0.504 e. The maximum Gasteiger partial charge on any atom is 0.251 e. The van der Waals surface area contributed by atoms with E-state index in [0.29, 0.717) is 24.5 Å². The Morgan fingerprint density at radius 3 is 2.72 bits per heavy atom. The van der Waals surface area contributed by atoms with Gasteiger partial charge in [-0.3, -0.25) is 4.79 Å². The summed E-state index contributed by atoms with van der Waals surface area (Å²) in [5.41, 5.74) is 0.426. The second kappa shape index (κ2) is 6.86. The molecule has 0 aliphatic carbocycles. The number of hydrogen-bond acceptors (Lipinski definition) is 4. The molecule has 1 aromatic carbocycles. The third-order valence-electron chi connectivity index (χ3n) is 2.37. The number of carbonyl (C=O) groups excluding carboxylic acids is 1. The SMILES string of the molecule is CCOc1ccc(C(=O)NCCN(C)C)cc1O. The Bertz CT molecular complexity index is 405. The Morgan fingerprint density at radius 2 is 2.17 bits per heavy atom. The van der Waals surface area contributed by atoms with Crippen molar-refractivity contribution in [1.29, 1.82) is 0 Å². The van der Waals surface area contributed by atoms with E-state index in [1.807, 2.05) is 25.9 Å². The molecule has 0 aliphatic rings. The minimum atomic E-state index is -0.199. The number of aromatic hydroxyl groups is 1. The van der Waals surface area contributed by atoms with Crippen molar-refractivity contribution >= 4 is 5.91 Å². The van der Waals surface area contributed by atoms with Crippen LogP contribution in [0.5, 0.6) is 11.5 Å². The number of ether oxygens (including phenoxy) is 1. The molecule has 0 bridgehead atoms. The fourth-order valence-corrected chi connectivity index (χ4v) is 1.43. The highest BCUT2D eigenvalue weighted by atomic mass is 16.5. The van der Waals surface area contributed by atoms with Crippen molar-refractivity contribution in [2.75, 3.05) is 33.8 Å². The van der Waals surface area contributed by atoms with Crippen LogP contribution in [0.1, 0.15) is 17.3 Å². The summed E-state index contributed by atoms with van der Waals surface area (Å²) in [6.07, 6.45) is 0. The standard InChI is InChI=1S/C13H20N2O3/c1-4-18-12-6-5-10(9-11(12)16)13(17)14-7-8-15(2)3/h5-6,9,16H,4,7-8H2,1-3H3,(H,14,17). The van der Waals surface area contributed by atoms with E-state index in [2.05, 4.69) is 5.32 Å². The lowest BCUT2D eigenvalue weighted by Crippen LogP contribution is -2.31. The molecule has 0 atom stereocenters. The lowest BCUT2D eigenvalue weighted by Gasteiger charge is -2.11. The Morgan fingerprint density at radius 1 is 1.44 bits per heavy atom. The minimum absolute atomic E-state index is 0.0166. The molecule has 0 aliphatic heterocycles. The van der Waals surface area contributed by atoms with Gasteiger partial charge < -0.3 is 20.1 Å². The number of benzene rings is 1. The van der Waals surface area contributed by atoms with Gasteiger partial charge in [-0.25, -0.2) is 0 Å². The number of phenolic OH excluding ortho intramolecular Hbond substituents is 1. The number of amides is 1. The van der Waals surface area contributed by atoms with Crippen molar-refractivity contribution in [3.05, 3.63) is 23.8 Å². The predicted molar refractivity (Wildman–Crippen MR) is 70.2 cm³/mol. The molecule has 5 nitrogen and oxygen atoms in total. The van der Waals surface area contributed by atoms with Crippen LogP contribution in [0, 0.1) is 0 Å². The summed E-state index contributed by atoms with van der Waals surface area (Å²) in [5, 5.41) is 12.4. The lowest BCUT2D eigenvalue weighted by atomic mass is 10.2. The molecule has 0 radical (unpaired) electrons. The summed E-state index contributed by atoms with van der Waals surface area (Å²) < 4.78 is 5.20. The first-order chi connectivity index (χ1) is 8.54. The van der Waals surface area contributed by atoms with Crippen molar-refractivity contribution < 1.29 is 14.6 Å². The van der Waals surface area contributed by atoms with E-state index in [-0.39, 0.29) is 11.7 Å². The number of hydrogen-bond donors (Lipinski definition) is 2. The third-order valence-corrected chi connectivity index (χ3v) is 2.37. The molecular weight excluding hydrogens is 232 g/mol. The van der Waals surface area contributed by atoms with Crippen LogP contribution in [-0.4, -0.2) is 49.7 Å². The van der Waals surface area contributed by atoms with Gasteiger partial charge in [0.25, 0.3) is 5.91 Å². The smallest absolute Gasteiger partial charge is 0.251 e. The number of phenols is 1. The van der Waals surface area contributed by atoms with E-state index in [9.17, 15) is 9.90 Å². The van der Waals surface area contributed by atoms with Gasteiger partial charge in [-0.05, 0) is 39.2 Å². The molecule has 1 aromatic rings. The van der Waals surface area contributed by atoms with Gasteiger partial charge in [-0.2, -0.15) is 0 Å². The Balaban J connectivity index is 2.61. The van der Waals surface area contributed by atoms with E-state index < -0.39 is 0 Å². The third kappa shape index (κ3) is 4.25. The van der Waals surface area contributed by atoms with E-state index in [1.165, 1.54) is 6.07 Å². The fourth-order valence-electron chi connectivity index (χ4n) is 1.43. The summed E-state index contributed by atoms with van der Waals surface area (Å²) in [6.45, 7) is 3.65. The van der Waals surface area contributed by atoms with Gasteiger partial charge in [0.05, 0.1) is 6.61 Å². The van der Waals surface area contributed by atoms with Gasteiger partial charge in [0, 0.05) is 18.7 Å². The van der Waals surface area contributed by atoms with Crippen LogP contribution in [-0.2, 0) is 0 Å². The molecule has 0 aromatic heterocycles. The molecular formula is C13H20N2O3. The molecule has 5 heteroatoms. The van der Waals surface area contributed by atoms with Gasteiger partial charge in [-0.1, -0.05) is 0 Å². The lowest BCUT2D eigenvalue weighted by molar-refractivity contribution is 0.0950. The van der Waals surface area contributed by atoms with Crippen LogP contribution in [0.3, 0.4) is 0 Å². The molecule has 2 N–H and O–H groups in total. The summed E-state index contributed by atoms with van der Waals surface area (Å²) in [4.78, 5) is 13.7. The number of rotatable bonds is 6. The van der Waals surface area contributed by atoms with E-state index in [1.54, 1.807) is 12.1 Å². The highest BCUT2D eigenvalue weighted by Gasteiger charge is 2.09. The molecule has 18 heavy (non-hydrogen) atoms. The predicted octanol–water partition coefficient (Wildman–Crippen LogP) is 1.08. The highest BCUT2D eigenvalue weighted by molar-refractivity contribution is 5.94.